The van der Waals surface area contributed by atoms with Gasteiger partial charge >= 0.3 is 6.09 Å². The Bertz CT molecular complexity index is 627. The Balaban J connectivity index is 1.74. The highest BCUT2D eigenvalue weighted by atomic mass is 19.1. The van der Waals surface area contributed by atoms with Crippen LogP contribution in [0, 0.1) is 0 Å². The summed E-state index contributed by atoms with van der Waals surface area (Å²) in [5, 5.41) is 2.63. The number of morpholine rings is 1. The molecule has 2 aliphatic heterocycles. The molecular formula is C16H20FN3O4. The Morgan fingerprint density at radius 2 is 2.21 bits per heavy atom. The van der Waals surface area contributed by atoms with Crippen molar-refractivity contribution < 1.29 is 23.5 Å². The van der Waals surface area contributed by atoms with Crippen LogP contribution >= 0.6 is 0 Å². The third-order valence-corrected chi connectivity index (χ3v) is 4.00. The number of ether oxygens (including phenoxy) is 2. The summed E-state index contributed by atoms with van der Waals surface area (Å²) in [6.07, 6.45) is -2.10. The maximum absolute atomic E-state index is 14.0. The number of cyclic esters (lactones) is 1. The fraction of sp³-hybridized carbons (Fsp3) is 0.500. The van der Waals surface area contributed by atoms with Gasteiger partial charge in [-0.05, 0) is 18.2 Å². The molecule has 0 radical (unpaired) electrons. The summed E-state index contributed by atoms with van der Waals surface area (Å²) in [7, 11) is 0. The molecule has 0 spiro atoms. The average Bonchev–Trinajstić information content (AvgIpc) is 2.95. The summed E-state index contributed by atoms with van der Waals surface area (Å²) in [5.41, 5.74) is 1.28. The van der Waals surface area contributed by atoms with Crippen LogP contribution in [0.5, 0.6) is 0 Å². The average molecular weight is 337 g/mol. The van der Waals surface area contributed by atoms with Crippen molar-refractivity contribution in [3.63, 3.8) is 0 Å². The number of anilines is 2. The highest BCUT2D eigenvalue weighted by Crippen LogP contribution is 2.28. The zero-order valence-electron chi connectivity index (χ0n) is 13.4. The van der Waals surface area contributed by atoms with Crippen LogP contribution in [0.15, 0.2) is 24.3 Å². The fourth-order valence-electron chi connectivity index (χ4n) is 2.73. The zero-order chi connectivity index (χ0) is 17.1. The van der Waals surface area contributed by atoms with Crippen molar-refractivity contribution in [3.8, 4) is 0 Å². The molecule has 2 heterocycles. The molecule has 0 aromatic heterocycles. The van der Waals surface area contributed by atoms with Gasteiger partial charge in [-0.1, -0.05) is 13.0 Å². The second kappa shape index (κ2) is 7.04. The Kier molecular flexibility index (Phi) is 4.84. The molecule has 1 aromatic rings. The summed E-state index contributed by atoms with van der Waals surface area (Å²) < 4.78 is 24.3. The van der Waals surface area contributed by atoms with E-state index in [9.17, 15) is 14.0 Å². The molecule has 130 valence electrons. The number of carbonyl (C=O) groups excluding carboxylic acids is 2. The van der Waals surface area contributed by atoms with E-state index in [0.717, 1.165) is 0 Å². The summed E-state index contributed by atoms with van der Waals surface area (Å²) in [5.74, 6) is -0.183. The summed E-state index contributed by atoms with van der Waals surface area (Å²) in [6, 6.07) is 7.04. The minimum absolute atomic E-state index is 0.0289. The molecule has 3 rings (SSSR count). The minimum Gasteiger partial charge on any atom is -0.423 e. The van der Waals surface area contributed by atoms with Gasteiger partial charge in [-0.25, -0.2) is 9.18 Å². The van der Waals surface area contributed by atoms with Crippen LogP contribution in [0.2, 0.25) is 0 Å². The van der Waals surface area contributed by atoms with E-state index in [1.807, 2.05) is 0 Å². The van der Waals surface area contributed by atoms with Gasteiger partial charge in [0.15, 0.2) is 12.5 Å². The number of benzene rings is 1. The number of alkyl halides is 1. The van der Waals surface area contributed by atoms with Gasteiger partial charge in [-0.3, -0.25) is 9.69 Å². The Hall–Kier alpha value is -2.35. The molecule has 7 nitrogen and oxygen atoms in total. The highest BCUT2D eigenvalue weighted by Gasteiger charge is 2.33. The lowest BCUT2D eigenvalue weighted by Crippen LogP contribution is -2.43. The van der Waals surface area contributed by atoms with Crippen molar-refractivity contribution in [3.05, 3.63) is 24.3 Å². The zero-order valence-corrected chi connectivity index (χ0v) is 13.4. The Labute approximate surface area is 139 Å². The molecule has 2 aliphatic rings. The third-order valence-electron chi connectivity index (χ3n) is 4.00. The molecule has 24 heavy (non-hydrogen) atoms. The number of halogens is 1. The van der Waals surface area contributed by atoms with Crippen molar-refractivity contribution in [2.45, 2.75) is 25.9 Å². The maximum Gasteiger partial charge on any atom is 0.416 e. The van der Waals surface area contributed by atoms with Crippen LogP contribution in [0.3, 0.4) is 0 Å². The largest absolute Gasteiger partial charge is 0.423 e. The second-order valence-corrected chi connectivity index (χ2v) is 5.63. The van der Waals surface area contributed by atoms with Gasteiger partial charge in [-0.15, -0.1) is 0 Å². The van der Waals surface area contributed by atoms with E-state index in [1.165, 1.54) is 4.90 Å². The lowest BCUT2D eigenvalue weighted by atomic mass is 10.2. The molecule has 1 N–H and O–H groups in total. The van der Waals surface area contributed by atoms with Crippen molar-refractivity contribution >= 4 is 23.4 Å². The van der Waals surface area contributed by atoms with Crippen LogP contribution in [0.4, 0.5) is 20.6 Å². The molecule has 1 aromatic carbocycles. The summed E-state index contributed by atoms with van der Waals surface area (Å²) in [6.45, 7) is 2.88. The van der Waals surface area contributed by atoms with Gasteiger partial charge in [-0.2, -0.15) is 0 Å². The van der Waals surface area contributed by atoms with E-state index >= 15 is 0 Å². The maximum atomic E-state index is 14.0. The predicted molar refractivity (Wildman–Crippen MR) is 85.6 cm³/mol. The second-order valence-electron chi connectivity index (χ2n) is 5.63. The van der Waals surface area contributed by atoms with E-state index in [-0.39, 0.29) is 19.1 Å². The molecule has 0 aliphatic carbocycles. The summed E-state index contributed by atoms with van der Waals surface area (Å²) >= 11 is 0. The predicted octanol–water partition coefficient (Wildman–Crippen LogP) is 1.63. The standard InChI is InChI=1S/C16H20FN3O4/c1-2-14(21)18-15-9-20(16(22)24-15)12-5-3-4-11(8-12)19-6-7-23-10-13(19)17/h3-5,8,13,15H,2,6-7,9-10H2,1H3,(H,18,21). The number of nitrogens with zero attached hydrogens (tertiary/aromatic N) is 2. The lowest BCUT2D eigenvalue weighted by Gasteiger charge is -2.32. The molecule has 8 heteroatoms. The molecular weight excluding hydrogens is 317 g/mol. The first kappa shape index (κ1) is 16.5. The SMILES string of the molecule is CCC(=O)NC1CN(c2cccc(N3CCOCC3F)c2)C(=O)O1. The van der Waals surface area contributed by atoms with Crippen molar-refractivity contribution in [2.24, 2.45) is 0 Å². The molecule has 0 saturated carbocycles. The van der Waals surface area contributed by atoms with Gasteiger partial charge in [0.25, 0.3) is 0 Å². The normalized spacial score (nSPS) is 24.0. The Morgan fingerprint density at radius 3 is 2.96 bits per heavy atom. The molecule has 2 saturated heterocycles. The quantitative estimate of drug-likeness (QED) is 0.846. The summed E-state index contributed by atoms with van der Waals surface area (Å²) in [4.78, 5) is 26.5. The lowest BCUT2D eigenvalue weighted by molar-refractivity contribution is -0.123. The van der Waals surface area contributed by atoms with Crippen molar-refractivity contribution in [1.29, 1.82) is 0 Å². The Morgan fingerprint density at radius 1 is 1.42 bits per heavy atom. The molecule has 2 amide bonds. The molecule has 2 atom stereocenters. The number of rotatable bonds is 4. The van der Waals surface area contributed by atoms with E-state index in [0.29, 0.717) is 30.9 Å². The highest BCUT2D eigenvalue weighted by molar-refractivity contribution is 5.91. The van der Waals surface area contributed by atoms with Crippen LogP contribution in [-0.4, -0.2) is 50.8 Å². The van der Waals surface area contributed by atoms with Crippen LogP contribution in [0.1, 0.15) is 13.3 Å². The van der Waals surface area contributed by atoms with E-state index in [1.54, 1.807) is 36.1 Å². The molecule has 2 unspecified atom stereocenters. The van der Waals surface area contributed by atoms with Gasteiger partial charge < -0.3 is 19.7 Å². The molecule has 0 bridgehead atoms. The topological polar surface area (TPSA) is 71.1 Å². The number of hydrogen-bond acceptors (Lipinski definition) is 5. The van der Waals surface area contributed by atoms with Crippen molar-refractivity contribution in [2.75, 3.05) is 36.1 Å². The number of carbonyl (C=O) groups is 2. The number of amides is 2. The van der Waals surface area contributed by atoms with Crippen LogP contribution in [-0.2, 0) is 14.3 Å². The molecule has 2 fully saturated rings. The van der Waals surface area contributed by atoms with E-state index in [4.69, 9.17) is 9.47 Å². The van der Waals surface area contributed by atoms with E-state index < -0.39 is 18.6 Å². The monoisotopic (exact) mass is 337 g/mol. The smallest absolute Gasteiger partial charge is 0.416 e. The fourth-order valence-corrected chi connectivity index (χ4v) is 2.73. The number of hydrogen-bond donors (Lipinski definition) is 1. The van der Waals surface area contributed by atoms with Gasteiger partial charge in [0.2, 0.25) is 5.91 Å². The van der Waals surface area contributed by atoms with Crippen molar-refractivity contribution in [1.82, 2.24) is 5.32 Å². The number of nitrogens with one attached hydrogen (secondary N) is 1. The first-order valence-corrected chi connectivity index (χ1v) is 7.94. The third kappa shape index (κ3) is 3.43. The van der Waals surface area contributed by atoms with Crippen LogP contribution in [0.25, 0.3) is 0 Å². The van der Waals surface area contributed by atoms with Gasteiger partial charge in [0.1, 0.15) is 0 Å². The van der Waals surface area contributed by atoms with E-state index in [2.05, 4.69) is 5.32 Å². The van der Waals surface area contributed by atoms with Gasteiger partial charge in [0, 0.05) is 24.3 Å². The minimum atomic E-state index is -1.21. The first-order chi connectivity index (χ1) is 11.6. The first-order valence-electron chi connectivity index (χ1n) is 7.94. The van der Waals surface area contributed by atoms with Gasteiger partial charge in [0.05, 0.1) is 19.8 Å². The van der Waals surface area contributed by atoms with Crippen LogP contribution < -0.4 is 15.1 Å².